The van der Waals surface area contributed by atoms with E-state index >= 15 is 0 Å². The number of hydrogen-bond acceptors (Lipinski definition) is 6. The molecule has 0 unspecified atom stereocenters. The summed E-state index contributed by atoms with van der Waals surface area (Å²) in [6.07, 6.45) is 1.78. The Labute approximate surface area is 160 Å². The monoisotopic (exact) mass is 381 g/mol. The van der Waals surface area contributed by atoms with Gasteiger partial charge in [-0.3, -0.25) is 4.79 Å². The van der Waals surface area contributed by atoms with Gasteiger partial charge >= 0.3 is 6.09 Å². The number of carbonyl (C=O) groups excluding carboxylic acids is 2. The van der Waals surface area contributed by atoms with Gasteiger partial charge in [0.25, 0.3) is 0 Å². The molecule has 2 rings (SSSR count). The van der Waals surface area contributed by atoms with E-state index in [9.17, 15) is 9.59 Å². The zero-order valence-corrected chi connectivity index (χ0v) is 16.9. The van der Waals surface area contributed by atoms with Gasteiger partial charge in [0.05, 0.1) is 5.69 Å². The van der Waals surface area contributed by atoms with Gasteiger partial charge in [-0.05, 0) is 26.7 Å². The van der Waals surface area contributed by atoms with Crippen molar-refractivity contribution in [1.82, 2.24) is 24.8 Å². The Hall–Kier alpha value is -2.16. The van der Waals surface area contributed by atoms with Gasteiger partial charge in [0, 0.05) is 45.4 Å². The number of amides is 2. The average Bonchev–Trinajstić information content (AvgIpc) is 3.01. The number of rotatable bonds is 5. The molecule has 1 aliphatic rings. The summed E-state index contributed by atoms with van der Waals surface area (Å²) >= 11 is 0. The lowest BCUT2D eigenvalue weighted by Gasteiger charge is -2.37. The third kappa shape index (κ3) is 5.66. The molecule has 0 aliphatic carbocycles. The highest BCUT2D eigenvalue weighted by atomic mass is 16.6. The number of aromatic nitrogens is 3. The molecule has 1 aromatic heterocycles. The molecule has 1 saturated heterocycles. The van der Waals surface area contributed by atoms with E-state index in [2.05, 4.69) is 10.3 Å². The van der Waals surface area contributed by atoms with Crippen molar-refractivity contribution in [3.8, 4) is 0 Å². The Bertz CT molecular complexity index is 644. The van der Waals surface area contributed by atoms with Crippen molar-refractivity contribution >= 4 is 12.0 Å². The van der Waals surface area contributed by atoms with Crippen molar-refractivity contribution in [3.05, 3.63) is 11.9 Å². The number of carbonyl (C=O) groups is 2. The molecule has 9 nitrogen and oxygen atoms in total. The molecule has 0 aromatic carbocycles. The lowest BCUT2D eigenvalue weighted by atomic mass is 10.0. The van der Waals surface area contributed by atoms with Gasteiger partial charge in [-0.25, -0.2) is 9.48 Å². The molecule has 1 N–H and O–H groups in total. The number of piperazine rings is 1. The van der Waals surface area contributed by atoms with Crippen LogP contribution >= 0.6 is 0 Å². The van der Waals surface area contributed by atoms with Crippen LogP contribution < -0.4 is 0 Å². The second-order valence-corrected chi connectivity index (χ2v) is 8.15. The van der Waals surface area contributed by atoms with E-state index in [1.54, 1.807) is 20.7 Å². The van der Waals surface area contributed by atoms with Gasteiger partial charge in [-0.1, -0.05) is 19.1 Å². The van der Waals surface area contributed by atoms with Crippen molar-refractivity contribution in [2.24, 2.45) is 5.92 Å². The predicted octanol–water partition coefficient (Wildman–Crippen LogP) is 1.09. The number of aliphatic hydroxyl groups excluding tert-OH is 1. The zero-order chi connectivity index (χ0) is 20.2. The van der Waals surface area contributed by atoms with Crippen molar-refractivity contribution < 1.29 is 19.4 Å². The Balaban J connectivity index is 2.00. The summed E-state index contributed by atoms with van der Waals surface area (Å²) in [6, 6.07) is -0.460. The SMILES string of the molecule is CC(C)[C@@H](C(=O)N1CCN(C(=O)OC(C)(C)C)CC1)n1cc(CCO)nn1. The van der Waals surface area contributed by atoms with E-state index in [1.165, 1.54) is 0 Å². The molecule has 1 fully saturated rings. The summed E-state index contributed by atoms with van der Waals surface area (Å²) < 4.78 is 6.98. The second kappa shape index (κ2) is 8.69. The fourth-order valence-corrected chi connectivity index (χ4v) is 3.01. The Morgan fingerprint density at radius 2 is 1.78 bits per heavy atom. The molecule has 0 radical (unpaired) electrons. The highest BCUT2D eigenvalue weighted by Crippen LogP contribution is 2.21. The highest BCUT2D eigenvalue weighted by Gasteiger charge is 2.33. The Morgan fingerprint density at radius 1 is 1.19 bits per heavy atom. The minimum Gasteiger partial charge on any atom is -0.444 e. The van der Waals surface area contributed by atoms with Gasteiger partial charge in [-0.15, -0.1) is 5.10 Å². The van der Waals surface area contributed by atoms with Crippen LogP contribution in [0.2, 0.25) is 0 Å². The third-order valence-corrected chi connectivity index (χ3v) is 4.34. The van der Waals surface area contributed by atoms with Crippen molar-refractivity contribution in [2.45, 2.75) is 52.7 Å². The summed E-state index contributed by atoms with van der Waals surface area (Å²) in [5.41, 5.74) is 0.122. The maximum atomic E-state index is 13.1. The fraction of sp³-hybridized carbons (Fsp3) is 0.778. The smallest absolute Gasteiger partial charge is 0.410 e. The molecule has 2 amide bonds. The first-order chi connectivity index (χ1) is 12.6. The summed E-state index contributed by atoms with van der Waals surface area (Å²) in [5, 5.41) is 17.1. The first-order valence-corrected chi connectivity index (χ1v) is 9.40. The molecule has 1 aliphatic heterocycles. The molecule has 1 aromatic rings. The largest absolute Gasteiger partial charge is 0.444 e. The molecule has 27 heavy (non-hydrogen) atoms. The molecule has 1 atom stereocenters. The second-order valence-electron chi connectivity index (χ2n) is 8.15. The van der Waals surface area contributed by atoms with E-state index in [4.69, 9.17) is 9.84 Å². The van der Waals surface area contributed by atoms with Gasteiger partial charge in [0.2, 0.25) is 5.91 Å². The van der Waals surface area contributed by atoms with E-state index < -0.39 is 11.6 Å². The zero-order valence-electron chi connectivity index (χ0n) is 16.9. The number of nitrogens with zero attached hydrogens (tertiary/aromatic N) is 5. The molecule has 152 valence electrons. The molecule has 0 saturated carbocycles. The van der Waals surface area contributed by atoms with Crippen LogP contribution in [0.4, 0.5) is 4.79 Å². The molecule has 0 spiro atoms. The molecular weight excluding hydrogens is 350 g/mol. The minimum absolute atomic E-state index is 0.00832. The quantitative estimate of drug-likeness (QED) is 0.819. The normalized spacial score (nSPS) is 16.6. The van der Waals surface area contributed by atoms with Gasteiger partial charge < -0.3 is 19.6 Å². The van der Waals surface area contributed by atoms with Crippen molar-refractivity contribution in [3.63, 3.8) is 0 Å². The number of ether oxygens (including phenoxy) is 1. The molecule has 9 heteroatoms. The highest BCUT2D eigenvalue weighted by molar-refractivity contribution is 5.81. The van der Waals surface area contributed by atoms with E-state index in [-0.39, 0.29) is 24.5 Å². The molecule has 2 heterocycles. The maximum Gasteiger partial charge on any atom is 0.410 e. The lowest BCUT2D eigenvalue weighted by molar-refractivity contribution is -0.138. The molecule has 0 bridgehead atoms. The average molecular weight is 381 g/mol. The third-order valence-electron chi connectivity index (χ3n) is 4.34. The van der Waals surface area contributed by atoms with Crippen LogP contribution in [-0.4, -0.2) is 80.3 Å². The van der Waals surface area contributed by atoms with Gasteiger partial charge in [0.15, 0.2) is 0 Å². The summed E-state index contributed by atoms with van der Waals surface area (Å²) in [5.74, 6) is -0.000603. The topological polar surface area (TPSA) is 101 Å². The number of hydrogen-bond donors (Lipinski definition) is 1. The van der Waals surface area contributed by atoms with Crippen LogP contribution in [0.1, 0.15) is 46.4 Å². The maximum absolute atomic E-state index is 13.1. The minimum atomic E-state index is -0.536. The summed E-state index contributed by atoms with van der Waals surface area (Å²) in [6.45, 7) is 11.2. The van der Waals surface area contributed by atoms with E-state index in [0.717, 1.165) is 0 Å². The standard InChI is InChI=1S/C18H31N5O4/c1-13(2)15(23-12-14(6-11-24)19-20-23)16(25)21-7-9-22(10-8-21)17(26)27-18(3,4)5/h12-13,15,24H,6-11H2,1-5H3/t15-/m0/s1. The van der Waals surface area contributed by atoms with Crippen LogP contribution in [0.15, 0.2) is 6.20 Å². The number of aliphatic hydroxyl groups is 1. The van der Waals surface area contributed by atoms with E-state index in [0.29, 0.717) is 38.3 Å². The van der Waals surface area contributed by atoms with Crippen molar-refractivity contribution in [1.29, 1.82) is 0 Å². The first kappa shape index (κ1) is 21.1. The fourth-order valence-electron chi connectivity index (χ4n) is 3.01. The van der Waals surface area contributed by atoms with Crippen LogP contribution in [0.3, 0.4) is 0 Å². The predicted molar refractivity (Wildman–Crippen MR) is 99.1 cm³/mol. The van der Waals surface area contributed by atoms with Crippen molar-refractivity contribution in [2.75, 3.05) is 32.8 Å². The van der Waals surface area contributed by atoms with Crippen LogP contribution in [0, 0.1) is 5.92 Å². The summed E-state index contributed by atoms with van der Waals surface area (Å²) in [7, 11) is 0. The summed E-state index contributed by atoms with van der Waals surface area (Å²) in [4.78, 5) is 28.6. The van der Waals surface area contributed by atoms with Crippen LogP contribution in [-0.2, 0) is 16.0 Å². The van der Waals surface area contributed by atoms with Crippen LogP contribution in [0.25, 0.3) is 0 Å². The first-order valence-electron chi connectivity index (χ1n) is 9.40. The molecular formula is C18H31N5O4. The lowest BCUT2D eigenvalue weighted by Crippen LogP contribution is -2.53. The van der Waals surface area contributed by atoms with Gasteiger partial charge in [-0.2, -0.15) is 0 Å². The van der Waals surface area contributed by atoms with Crippen LogP contribution in [0.5, 0.6) is 0 Å². The Morgan fingerprint density at radius 3 is 2.30 bits per heavy atom. The Kier molecular flexibility index (Phi) is 6.80. The van der Waals surface area contributed by atoms with Gasteiger partial charge in [0.1, 0.15) is 11.6 Å². The van der Waals surface area contributed by atoms with E-state index in [1.807, 2.05) is 34.6 Å².